The lowest BCUT2D eigenvalue weighted by Gasteiger charge is -2.03. The highest BCUT2D eigenvalue weighted by Gasteiger charge is 2.20. The van der Waals surface area contributed by atoms with Crippen molar-refractivity contribution in [3.8, 4) is 0 Å². The monoisotopic (exact) mass is 371 g/mol. The third-order valence-corrected chi connectivity index (χ3v) is 4.75. The van der Waals surface area contributed by atoms with Gasteiger partial charge in [-0.2, -0.15) is 0 Å². The number of ketones is 1. The first-order chi connectivity index (χ1) is 12.4. The van der Waals surface area contributed by atoms with Gasteiger partial charge in [-0.05, 0) is 31.2 Å². The number of esters is 1. The second-order valence-corrected chi connectivity index (χ2v) is 6.45. The van der Waals surface area contributed by atoms with Crippen LogP contribution in [0.3, 0.4) is 0 Å². The smallest absolute Gasteiger partial charge is 0.350 e. The summed E-state index contributed by atoms with van der Waals surface area (Å²) in [5.74, 6) is -1.18. The molecule has 0 saturated carbocycles. The Morgan fingerprint density at radius 3 is 2.58 bits per heavy atom. The predicted octanol–water partition coefficient (Wildman–Crippen LogP) is 3.13. The van der Waals surface area contributed by atoms with Crippen molar-refractivity contribution >= 4 is 44.7 Å². The number of rotatable bonds is 5. The maximum atomic E-state index is 12.2. The van der Waals surface area contributed by atoms with Crippen LogP contribution in [0.2, 0.25) is 0 Å². The molecule has 0 amide bonds. The number of benzene rings is 1. The standard InChI is InChI=1S/C17H13N3O5S/c1-9-2-7-12-14(18)15(26-16(12)19-9)17(22)25-8-13(21)10-3-5-11(6-4-10)20(23)24/h2-7H,8,18H2,1H3. The number of fused-ring (bicyclic) bond motifs is 1. The van der Waals surface area contributed by atoms with Gasteiger partial charge in [-0.25, -0.2) is 9.78 Å². The molecule has 0 fully saturated rings. The van der Waals surface area contributed by atoms with Gasteiger partial charge < -0.3 is 10.5 Å². The number of anilines is 1. The number of non-ortho nitro benzene ring substituents is 1. The summed E-state index contributed by atoms with van der Waals surface area (Å²) in [6.45, 7) is 1.34. The molecule has 26 heavy (non-hydrogen) atoms. The van der Waals surface area contributed by atoms with Gasteiger partial charge in [0.25, 0.3) is 5.69 Å². The molecule has 0 unspecified atom stereocenters. The maximum absolute atomic E-state index is 12.2. The number of Topliss-reactive ketones (excluding diaryl/α,β-unsaturated/α-hetero) is 1. The third-order valence-electron chi connectivity index (χ3n) is 3.65. The number of nitrogen functional groups attached to an aromatic ring is 1. The minimum atomic E-state index is -0.710. The highest BCUT2D eigenvalue weighted by Crippen LogP contribution is 2.33. The second-order valence-electron chi connectivity index (χ2n) is 5.45. The van der Waals surface area contributed by atoms with Crippen LogP contribution in [0.1, 0.15) is 25.7 Å². The number of aryl methyl sites for hydroxylation is 1. The Hall–Kier alpha value is -3.33. The zero-order valence-corrected chi connectivity index (χ0v) is 14.4. The minimum Gasteiger partial charge on any atom is -0.453 e. The molecule has 0 atom stereocenters. The molecular weight excluding hydrogens is 358 g/mol. The van der Waals surface area contributed by atoms with Gasteiger partial charge in [0.15, 0.2) is 12.4 Å². The number of thiophene rings is 1. The van der Waals surface area contributed by atoms with Crippen molar-refractivity contribution in [2.45, 2.75) is 6.92 Å². The number of carbonyl (C=O) groups is 2. The van der Waals surface area contributed by atoms with Gasteiger partial charge in [-0.1, -0.05) is 0 Å². The molecule has 132 valence electrons. The van der Waals surface area contributed by atoms with Crippen LogP contribution < -0.4 is 5.73 Å². The Morgan fingerprint density at radius 2 is 1.92 bits per heavy atom. The number of hydrogen-bond donors (Lipinski definition) is 1. The van der Waals surface area contributed by atoms with Crippen molar-refractivity contribution in [1.29, 1.82) is 0 Å². The number of nitro benzene ring substituents is 1. The lowest BCUT2D eigenvalue weighted by molar-refractivity contribution is -0.384. The number of aromatic nitrogens is 1. The summed E-state index contributed by atoms with van der Waals surface area (Å²) in [7, 11) is 0. The van der Waals surface area contributed by atoms with Crippen LogP contribution in [0, 0.1) is 17.0 Å². The lowest BCUT2D eigenvalue weighted by Crippen LogP contribution is -2.14. The van der Waals surface area contributed by atoms with E-state index in [1.54, 1.807) is 12.1 Å². The highest BCUT2D eigenvalue weighted by molar-refractivity contribution is 7.21. The van der Waals surface area contributed by atoms with Crippen LogP contribution in [-0.2, 0) is 4.74 Å². The van der Waals surface area contributed by atoms with Crippen molar-refractivity contribution in [1.82, 2.24) is 4.98 Å². The van der Waals surface area contributed by atoms with Crippen molar-refractivity contribution in [2.24, 2.45) is 0 Å². The molecule has 0 aliphatic carbocycles. The average Bonchev–Trinajstić information content (AvgIpc) is 2.95. The minimum absolute atomic E-state index is 0.126. The number of nitrogens with zero attached hydrogens (tertiary/aromatic N) is 2. The number of pyridine rings is 1. The summed E-state index contributed by atoms with van der Waals surface area (Å²) < 4.78 is 5.04. The summed E-state index contributed by atoms with van der Waals surface area (Å²) in [6.07, 6.45) is 0. The van der Waals surface area contributed by atoms with Gasteiger partial charge in [-0.3, -0.25) is 14.9 Å². The van der Waals surface area contributed by atoms with Crippen LogP contribution in [0.25, 0.3) is 10.2 Å². The van der Waals surface area contributed by atoms with Gasteiger partial charge >= 0.3 is 5.97 Å². The predicted molar refractivity (Wildman–Crippen MR) is 96.5 cm³/mol. The second kappa shape index (κ2) is 6.89. The van der Waals surface area contributed by atoms with Crippen molar-refractivity contribution in [2.75, 3.05) is 12.3 Å². The van der Waals surface area contributed by atoms with Gasteiger partial charge in [0.05, 0.1) is 10.6 Å². The van der Waals surface area contributed by atoms with Crippen LogP contribution in [0.5, 0.6) is 0 Å². The van der Waals surface area contributed by atoms with Crippen molar-refractivity contribution in [3.05, 3.63) is 62.6 Å². The van der Waals surface area contributed by atoms with E-state index < -0.39 is 23.3 Å². The molecule has 2 N–H and O–H groups in total. The number of hydrogen-bond acceptors (Lipinski definition) is 8. The van der Waals surface area contributed by atoms with E-state index in [4.69, 9.17) is 10.5 Å². The van der Waals surface area contributed by atoms with E-state index in [2.05, 4.69) is 4.98 Å². The van der Waals surface area contributed by atoms with E-state index in [1.807, 2.05) is 6.92 Å². The number of nitrogens with two attached hydrogens (primary N) is 1. The zero-order chi connectivity index (χ0) is 18.8. The van der Waals surface area contributed by atoms with E-state index in [0.717, 1.165) is 17.0 Å². The molecule has 8 nitrogen and oxygen atoms in total. The third kappa shape index (κ3) is 3.38. The molecule has 3 rings (SSSR count). The van der Waals surface area contributed by atoms with E-state index in [0.29, 0.717) is 10.2 Å². The van der Waals surface area contributed by atoms with Gasteiger partial charge in [0.1, 0.15) is 9.71 Å². The fourth-order valence-electron chi connectivity index (χ4n) is 2.29. The first-order valence-electron chi connectivity index (χ1n) is 7.47. The van der Waals surface area contributed by atoms with E-state index >= 15 is 0 Å². The van der Waals surface area contributed by atoms with Crippen LogP contribution in [0.4, 0.5) is 11.4 Å². The molecule has 3 aromatic rings. The van der Waals surface area contributed by atoms with Crippen LogP contribution >= 0.6 is 11.3 Å². The SMILES string of the molecule is Cc1ccc2c(N)c(C(=O)OCC(=O)c3ccc([N+](=O)[O-])cc3)sc2n1. The van der Waals surface area contributed by atoms with E-state index in [9.17, 15) is 19.7 Å². The number of ether oxygens (including phenoxy) is 1. The van der Waals surface area contributed by atoms with Crippen LogP contribution in [-0.4, -0.2) is 28.3 Å². The molecule has 0 aliphatic heterocycles. The normalized spacial score (nSPS) is 10.7. The van der Waals surface area contributed by atoms with Crippen LogP contribution in [0.15, 0.2) is 36.4 Å². The number of carbonyl (C=O) groups excluding carboxylic acids is 2. The number of nitro groups is 1. The molecule has 0 bridgehead atoms. The Morgan fingerprint density at radius 1 is 1.23 bits per heavy atom. The molecule has 2 heterocycles. The fraction of sp³-hybridized carbons (Fsp3) is 0.118. The van der Waals surface area contributed by atoms with Gasteiger partial charge in [0, 0.05) is 28.8 Å². The Balaban J connectivity index is 1.71. The fourth-order valence-corrected chi connectivity index (χ4v) is 3.32. The van der Waals surface area contributed by atoms with Crippen molar-refractivity contribution in [3.63, 3.8) is 0 Å². The topological polar surface area (TPSA) is 125 Å². The molecule has 9 heteroatoms. The van der Waals surface area contributed by atoms with E-state index in [-0.39, 0.29) is 21.8 Å². The lowest BCUT2D eigenvalue weighted by atomic mass is 10.1. The summed E-state index contributed by atoms with van der Waals surface area (Å²) in [5, 5.41) is 11.3. The Bertz CT molecular complexity index is 1030. The summed E-state index contributed by atoms with van der Waals surface area (Å²) >= 11 is 1.10. The molecule has 0 radical (unpaired) electrons. The molecule has 2 aromatic heterocycles. The summed E-state index contributed by atoms with van der Waals surface area (Å²) in [5.41, 5.74) is 7.13. The molecule has 0 aliphatic rings. The molecule has 0 saturated heterocycles. The molecule has 1 aromatic carbocycles. The zero-order valence-electron chi connectivity index (χ0n) is 13.6. The van der Waals surface area contributed by atoms with Gasteiger partial charge in [-0.15, -0.1) is 11.3 Å². The largest absolute Gasteiger partial charge is 0.453 e. The first kappa shape index (κ1) is 17.5. The summed E-state index contributed by atoms with van der Waals surface area (Å²) in [6, 6.07) is 8.63. The Kier molecular flexibility index (Phi) is 4.63. The summed E-state index contributed by atoms with van der Waals surface area (Å²) in [4.78, 5) is 39.5. The highest BCUT2D eigenvalue weighted by atomic mass is 32.1. The Labute approximate surface area is 151 Å². The molecular formula is C17H13N3O5S. The molecule has 0 spiro atoms. The van der Waals surface area contributed by atoms with E-state index in [1.165, 1.54) is 24.3 Å². The average molecular weight is 371 g/mol. The van der Waals surface area contributed by atoms with Crippen molar-refractivity contribution < 1.29 is 19.2 Å². The first-order valence-corrected chi connectivity index (χ1v) is 8.29. The maximum Gasteiger partial charge on any atom is 0.350 e. The quantitative estimate of drug-likeness (QED) is 0.316. The van der Waals surface area contributed by atoms with Gasteiger partial charge in [0.2, 0.25) is 0 Å².